The molecule has 1 heterocycles. The number of aliphatic hydroxyl groups excluding tert-OH is 1. The van der Waals surface area contributed by atoms with Gasteiger partial charge in [0.15, 0.2) is 24.6 Å². The van der Waals surface area contributed by atoms with Crippen molar-refractivity contribution in [1.29, 1.82) is 0 Å². The number of hydrogen-bond acceptors (Lipinski definition) is 11. The summed E-state index contributed by atoms with van der Waals surface area (Å²) >= 11 is 0. The molecule has 7 atom stereocenters. The number of rotatable bonds is 22. The van der Waals surface area contributed by atoms with Gasteiger partial charge < -0.3 is 39.4 Å². The number of ether oxygens (including phenoxy) is 5. The van der Waals surface area contributed by atoms with Crippen molar-refractivity contribution < 1.29 is 52.8 Å². The van der Waals surface area contributed by atoms with Crippen LogP contribution in [0, 0.1) is 11.8 Å². The lowest BCUT2D eigenvalue weighted by atomic mass is 9.96. The molecular weight excluding hydrogens is 650 g/mol. The van der Waals surface area contributed by atoms with Crippen molar-refractivity contribution in [2.75, 3.05) is 32.1 Å². The predicted molar refractivity (Wildman–Crippen MR) is 185 cm³/mol. The molecule has 0 bridgehead atoms. The molecule has 14 heteroatoms. The number of anilines is 1. The number of para-hydroxylation sites is 1. The van der Waals surface area contributed by atoms with E-state index in [-0.39, 0.29) is 37.5 Å². The first-order chi connectivity index (χ1) is 24.1. The molecule has 278 valence electrons. The molecule has 0 unspecified atom stereocenters. The number of benzene rings is 1. The number of amides is 3. The predicted octanol–water partition coefficient (Wildman–Crippen LogP) is 3.79. The molecule has 14 nitrogen and oxygen atoms in total. The van der Waals surface area contributed by atoms with Crippen molar-refractivity contribution in [2.45, 2.75) is 95.9 Å². The summed E-state index contributed by atoms with van der Waals surface area (Å²) in [5, 5.41) is 18.4. The highest BCUT2D eigenvalue weighted by molar-refractivity contribution is 5.85. The average molecular weight is 704 g/mol. The van der Waals surface area contributed by atoms with E-state index in [0.29, 0.717) is 18.8 Å². The van der Waals surface area contributed by atoms with E-state index in [4.69, 9.17) is 23.7 Å². The highest BCUT2D eigenvalue weighted by Gasteiger charge is 2.53. The maximum absolute atomic E-state index is 13.8. The summed E-state index contributed by atoms with van der Waals surface area (Å²) in [4.78, 5) is 65.8. The first kappa shape index (κ1) is 41.9. The summed E-state index contributed by atoms with van der Waals surface area (Å²) in [7, 11) is 1.26. The number of nitrogens with one attached hydrogen (secondary N) is 3. The van der Waals surface area contributed by atoms with Crippen LogP contribution in [0.1, 0.15) is 65.2 Å². The van der Waals surface area contributed by atoms with Crippen LogP contribution in [0.25, 0.3) is 0 Å². The number of allylic oxidation sites excluding steroid dienone is 2. The van der Waals surface area contributed by atoms with Crippen molar-refractivity contribution in [3.05, 3.63) is 55.6 Å². The molecule has 1 aliphatic heterocycles. The minimum atomic E-state index is -1.58. The van der Waals surface area contributed by atoms with Crippen LogP contribution in [0.5, 0.6) is 0 Å². The Labute approximate surface area is 294 Å². The van der Waals surface area contributed by atoms with E-state index in [2.05, 4.69) is 29.1 Å². The Balaban J connectivity index is 2.46. The molecule has 1 aromatic rings. The average Bonchev–Trinajstić information content (AvgIpc) is 3.09. The van der Waals surface area contributed by atoms with E-state index in [9.17, 15) is 29.1 Å². The quantitative estimate of drug-likeness (QED) is 0.0596. The van der Waals surface area contributed by atoms with Gasteiger partial charge in [0.2, 0.25) is 11.8 Å². The molecule has 0 aromatic heterocycles. The fourth-order valence-electron chi connectivity index (χ4n) is 5.20. The van der Waals surface area contributed by atoms with E-state index < -0.39 is 67.2 Å². The maximum Gasteiger partial charge on any atom is 0.412 e. The van der Waals surface area contributed by atoms with Gasteiger partial charge in [0.05, 0.1) is 18.4 Å². The number of unbranched alkanes of at least 4 members (excludes halogenated alkanes) is 2. The van der Waals surface area contributed by atoms with E-state index in [1.54, 1.807) is 30.3 Å². The van der Waals surface area contributed by atoms with Gasteiger partial charge >= 0.3 is 18.0 Å². The Morgan fingerprint density at radius 3 is 1.80 bits per heavy atom. The van der Waals surface area contributed by atoms with Crippen LogP contribution in [0.15, 0.2) is 55.6 Å². The van der Waals surface area contributed by atoms with Crippen LogP contribution < -0.4 is 16.0 Å². The second-order valence-electron chi connectivity index (χ2n) is 11.9. The van der Waals surface area contributed by atoms with Gasteiger partial charge in [-0.25, -0.2) is 4.79 Å². The van der Waals surface area contributed by atoms with Gasteiger partial charge in [-0.3, -0.25) is 24.5 Å². The second-order valence-corrected chi connectivity index (χ2v) is 11.9. The molecule has 1 aromatic carbocycles. The molecule has 1 saturated heterocycles. The first-order valence-corrected chi connectivity index (χ1v) is 17.1. The van der Waals surface area contributed by atoms with Crippen LogP contribution in [0.2, 0.25) is 0 Å². The van der Waals surface area contributed by atoms with Gasteiger partial charge in [-0.05, 0) is 37.8 Å². The smallest absolute Gasteiger partial charge is 0.412 e. The molecule has 4 N–H and O–H groups in total. The molecule has 0 saturated carbocycles. The Morgan fingerprint density at radius 1 is 0.820 bits per heavy atom. The van der Waals surface area contributed by atoms with E-state index in [0.717, 1.165) is 25.7 Å². The van der Waals surface area contributed by atoms with E-state index in [1.165, 1.54) is 19.3 Å². The summed E-state index contributed by atoms with van der Waals surface area (Å²) in [6.07, 6.45) is -2.38. The van der Waals surface area contributed by atoms with Crippen LogP contribution in [0.3, 0.4) is 0 Å². The Hall–Kier alpha value is -4.27. The minimum absolute atomic E-state index is 0.0689. The summed E-state index contributed by atoms with van der Waals surface area (Å²) in [5.41, 5.74) is 0.394. The highest BCUT2D eigenvalue weighted by atomic mass is 16.7. The van der Waals surface area contributed by atoms with Gasteiger partial charge in [0.1, 0.15) is 6.10 Å². The second kappa shape index (κ2) is 23.2. The lowest BCUT2D eigenvalue weighted by molar-refractivity contribution is -0.300. The molecule has 50 heavy (non-hydrogen) atoms. The maximum atomic E-state index is 13.8. The normalized spacial score (nSPS) is 21.1. The van der Waals surface area contributed by atoms with Crippen LogP contribution >= 0.6 is 0 Å². The Bertz CT molecular complexity index is 1240. The zero-order valence-corrected chi connectivity index (χ0v) is 29.3. The van der Waals surface area contributed by atoms with Crippen molar-refractivity contribution in [2.24, 2.45) is 11.8 Å². The lowest BCUT2D eigenvalue weighted by Gasteiger charge is -2.44. The van der Waals surface area contributed by atoms with Crippen molar-refractivity contribution in [1.82, 2.24) is 10.6 Å². The fraction of sp³-hybridized carbons (Fsp3) is 0.583. The number of methoxy groups -OCH3 is 1. The first-order valence-electron chi connectivity index (χ1n) is 17.1. The molecule has 0 aliphatic carbocycles. The molecule has 1 fully saturated rings. The largest absolute Gasteiger partial charge is 0.454 e. The number of carbonyl (C=O) groups excluding carboxylic acids is 5. The molecule has 2 rings (SSSR count). The number of carbonyl (C=O) groups is 5. The van der Waals surface area contributed by atoms with Crippen LogP contribution in [0.4, 0.5) is 10.5 Å². The third kappa shape index (κ3) is 13.9. The molecule has 3 amide bonds. The van der Waals surface area contributed by atoms with Gasteiger partial charge in [0, 0.05) is 38.7 Å². The Morgan fingerprint density at radius 2 is 1.34 bits per heavy atom. The SMILES string of the molecule is C=CC[C@@H](CC(=O)NCCCC)C(=O)O[C@@H]1[C@@H](OC(=O)[C@H](CC=C)CC(=O)NCCCC)[C@@H](OC)O[C@H](CO)[C@H]1OC(=O)Nc1ccccc1. The van der Waals surface area contributed by atoms with Crippen molar-refractivity contribution in [3.63, 3.8) is 0 Å². The zero-order chi connectivity index (χ0) is 36.9. The number of esters is 2. The number of aliphatic hydroxyl groups is 1. The molecular formula is C36H53N3O11. The summed E-state index contributed by atoms with van der Waals surface area (Å²) in [6, 6.07) is 8.39. The van der Waals surface area contributed by atoms with E-state index in [1.807, 2.05) is 13.8 Å². The third-order valence-corrected chi connectivity index (χ3v) is 7.91. The van der Waals surface area contributed by atoms with Gasteiger partial charge in [-0.15, -0.1) is 13.2 Å². The number of hydrogen-bond donors (Lipinski definition) is 4. The van der Waals surface area contributed by atoms with Gasteiger partial charge in [-0.2, -0.15) is 0 Å². The molecule has 1 aliphatic rings. The van der Waals surface area contributed by atoms with Gasteiger partial charge in [-0.1, -0.05) is 57.0 Å². The van der Waals surface area contributed by atoms with E-state index >= 15 is 0 Å². The summed E-state index contributed by atoms with van der Waals surface area (Å²) in [5.74, 6) is -4.43. The third-order valence-electron chi connectivity index (χ3n) is 7.91. The molecule has 0 radical (unpaired) electrons. The highest BCUT2D eigenvalue weighted by Crippen LogP contribution is 2.31. The summed E-state index contributed by atoms with van der Waals surface area (Å²) < 4.78 is 28.8. The monoisotopic (exact) mass is 703 g/mol. The fourth-order valence-corrected chi connectivity index (χ4v) is 5.20. The zero-order valence-electron chi connectivity index (χ0n) is 29.3. The minimum Gasteiger partial charge on any atom is -0.454 e. The van der Waals surface area contributed by atoms with Crippen LogP contribution in [-0.2, 0) is 42.9 Å². The van der Waals surface area contributed by atoms with Crippen LogP contribution in [-0.4, -0.2) is 92.5 Å². The Kier molecular flexibility index (Phi) is 19.4. The van der Waals surface area contributed by atoms with Crippen molar-refractivity contribution in [3.8, 4) is 0 Å². The topological polar surface area (TPSA) is 188 Å². The standard InChI is InChI=1S/C36H53N3O11/c1-6-10-19-37-28(41)21-24(15-8-3)33(43)48-31-30(50-36(45)39-26-17-13-12-14-18-26)27(23-40)47-35(46-5)32(31)49-34(44)25(16-9-4)22-29(42)38-20-11-7-2/h8-9,12-14,17-18,24-25,27,30-32,35,40H,3-4,6-7,10-11,15-16,19-23H2,1-2,5H3,(H,37,41)(H,38,42)(H,39,45)/t24-,25+,27+,30+,31-,32+,35-/m0/s1. The molecule has 0 spiro atoms. The lowest BCUT2D eigenvalue weighted by Crippen LogP contribution is -2.63. The van der Waals surface area contributed by atoms with Gasteiger partial charge in [0.25, 0.3) is 0 Å². The summed E-state index contributed by atoms with van der Waals surface area (Å²) in [6.45, 7) is 11.5. The van der Waals surface area contributed by atoms with Crippen molar-refractivity contribution >= 4 is 35.5 Å².